The van der Waals surface area contributed by atoms with Crippen LogP contribution in [-0.4, -0.2) is 27.5 Å². The smallest absolute Gasteiger partial charge is 0.115 e. The molecule has 1 aromatic rings. The summed E-state index contributed by atoms with van der Waals surface area (Å²) in [5, 5.41) is 3.62. The summed E-state index contributed by atoms with van der Waals surface area (Å²) >= 11 is 2.05. The summed E-state index contributed by atoms with van der Waals surface area (Å²) in [5.41, 5.74) is 1.47. The van der Waals surface area contributed by atoms with Gasteiger partial charge in [-0.05, 0) is 23.7 Å². The molecule has 0 radical (unpaired) electrons. The lowest BCUT2D eigenvalue weighted by atomic mass is 9.82. The van der Waals surface area contributed by atoms with Crippen molar-refractivity contribution in [2.75, 3.05) is 11.5 Å². The van der Waals surface area contributed by atoms with Crippen molar-refractivity contribution in [2.24, 2.45) is 5.41 Å². The molecule has 1 N–H and O–H groups in total. The zero-order valence-corrected chi connectivity index (χ0v) is 10.8. The van der Waals surface area contributed by atoms with Crippen molar-refractivity contribution in [1.29, 1.82) is 0 Å². The lowest BCUT2D eigenvalue weighted by molar-refractivity contribution is 0.244. The van der Waals surface area contributed by atoms with E-state index in [1.807, 2.05) is 17.8 Å². The SMILES string of the molecule is CC1(C)CCSCC1NCc1ccncn1. The third-order valence-corrected chi connectivity index (χ3v) is 4.35. The molecule has 0 amide bonds. The van der Waals surface area contributed by atoms with Crippen molar-refractivity contribution in [3.05, 3.63) is 24.3 Å². The molecule has 1 fully saturated rings. The summed E-state index contributed by atoms with van der Waals surface area (Å²) in [6.07, 6.45) is 4.70. The standard InChI is InChI=1S/C12H19N3S/c1-12(2)4-6-16-8-11(12)14-7-10-3-5-13-9-15-10/h3,5,9,11,14H,4,6-8H2,1-2H3. The largest absolute Gasteiger partial charge is 0.307 e. The van der Waals surface area contributed by atoms with Gasteiger partial charge < -0.3 is 5.32 Å². The van der Waals surface area contributed by atoms with Crippen molar-refractivity contribution < 1.29 is 0 Å². The molecule has 3 nitrogen and oxygen atoms in total. The quantitative estimate of drug-likeness (QED) is 0.873. The second-order valence-corrected chi connectivity index (χ2v) is 6.10. The van der Waals surface area contributed by atoms with Crippen molar-refractivity contribution in [1.82, 2.24) is 15.3 Å². The van der Waals surface area contributed by atoms with Gasteiger partial charge in [-0.1, -0.05) is 13.8 Å². The average molecular weight is 237 g/mol. The Kier molecular flexibility index (Phi) is 3.82. The van der Waals surface area contributed by atoms with E-state index in [1.54, 1.807) is 12.5 Å². The van der Waals surface area contributed by atoms with Crippen molar-refractivity contribution in [3.63, 3.8) is 0 Å². The highest BCUT2D eigenvalue weighted by Crippen LogP contribution is 2.34. The van der Waals surface area contributed by atoms with Gasteiger partial charge in [0, 0.05) is 24.5 Å². The molecule has 1 aliphatic heterocycles. The van der Waals surface area contributed by atoms with Gasteiger partial charge >= 0.3 is 0 Å². The van der Waals surface area contributed by atoms with Crippen LogP contribution in [0.1, 0.15) is 26.0 Å². The van der Waals surface area contributed by atoms with Crippen LogP contribution in [0.3, 0.4) is 0 Å². The Hall–Kier alpha value is -0.610. The van der Waals surface area contributed by atoms with Gasteiger partial charge in [0.2, 0.25) is 0 Å². The van der Waals surface area contributed by atoms with Gasteiger partial charge in [-0.3, -0.25) is 0 Å². The first-order chi connectivity index (χ1) is 7.68. The number of aromatic nitrogens is 2. The van der Waals surface area contributed by atoms with Crippen LogP contribution in [0.2, 0.25) is 0 Å². The van der Waals surface area contributed by atoms with Gasteiger partial charge in [0.25, 0.3) is 0 Å². The maximum atomic E-state index is 4.23. The number of nitrogens with one attached hydrogen (secondary N) is 1. The van der Waals surface area contributed by atoms with E-state index in [1.165, 1.54) is 17.9 Å². The van der Waals surface area contributed by atoms with Gasteiger partial charge in [0.1, 0.15) is 6.33 Å². The number of thioether (sulfide) groups is 1. The summed E-state index contributed by atoms with van der Waals surface area (Å²) < 4.78 is 0. The Morgan fingerprint density at radius 2 is 2.44 bits per heavy atom. The second-order valence-electron chi connectivity index (χ2n) is 4.95. The minimum Gasteiger partial charge on any atom is -0.307 e. The molecule has 4 heteroatoms. The maximum Gasteiger partial charge on any atom is 0.115 e. The van der Waals surface area contributed by atoms with E-state index in [4.69, 9.17) is 0 Å². The number of rotatable bonds is 3. The van der Waals surface area contributed by atoms with Crippen LogP contribution in [0.4, 0.5) is 0 Å². The molecule has 0 spiro atoms. The molecule has 1 aromatic heterocycles. The van der Waals surface area contributed by atoms with Gasteiger partial charge in [0.15, 0.2) is 0 Å². The van der Waals surface area contributed by atoms with Crippen LogP contribution in [0.15, 0.2) is 18.6 Å². The Balaban J connectivity index is 1.90. The molecule has 2 heterocycles. The van der Waals surface area contributed by atoms with E-state index in [-0.39, 0.29) is 0 Å². The van der Waals surface area contributed by atoms with E-state index >= 15 is 0 Å². The minimum absolute atomic E-state index is 0.401. The Morgan fingerprint density at radius 3 is 3.12 bits per heavy atom. The predicted molar refractivity (Wildman–Crippen MR) is 68.4 cm³/mol. The van der Waals surface area contributed by atoms with Crippen LogP contribution in [0, 0.1) is 5.41 Å². The highest BCUT2D eigenvalue weighted by atomic mass is 32.2. The minimum atomic E-state index is 0.401. The first-order valence-corrected chi connectivity index (χ1v) is 6.90. The Labute approximate surface area is 101 Å². The zero-order valence-electron chi connectivity index (χ0n) is 9.94. The van der Waals surface area contributed by atoms with E-state index in [0.717, 1.165) is 12.2 Å². The van der Waals surface area contributed by atoms with Crippen LogP contribution in [0.25, 0.3) is 0 Å². The number of hydrogen-bond acceptors (Lipinski definition) is 4. The monoisotopic (exact) mass is 237 g/mol. The summed E-state index contributed by atoms with van der Waals surface area (Å²) in [4.78, 5) is 8.16. The highest BCUT2D eigenvalue weighted by molar-refractivity contribution is 7.99. The fourth-order valence-electron chi connectivity index (χ4n) is 1.92. The predicted octanol–water partition coefficient (Wildman–Crippen LogP) is 2.10. The molecule has 1 unspecified atom stereocenters. The lowest BCUT2D eigenvalue weighted by Gasteiger charge is -2.38. The van der Waals surface area contributed by atoms with Crippen LogP contribution in [-0.2, 0) is 6.54 Å². The fraction of sp³-hybridized carbons (Fsp3) is 0.667. The molecule has 0 bridgehead atoms. The van der Waals surface area contributed by atoms with Gasteiger partial charge in [-0.2, -0.15) is 11.8 Å². The first-order valence-electron chi connectivity index (χ1n) is 5.74. The first kappa shape index (κ1) is 11.9. The van der Waals surface area contributed by atoms with Crippen LogP contribution < -0.4 is 5.32 Å². The van der Waals surface area contributed by atoms with E-state index in [0.29, 0.717) is 11.5 Å². The molecule has 0 aromatic carbocycles. The third kappa shape index (κ3) is 2.95. The fourth-order valence-corrected chi connectivity index (χ4v) is 3.56. The molecule has 2 rings (SSSR count). The van der Waals surface area contributed by atoms with Crippen molar-refractivity contribution >= 4 is 11.8 Å². The summed E-state index contributed by atoms with van der Waals surface area (Å²) in [6, 6.07) is 2.55. The molecule has 1 saturated heterocycles. The molecule has 1 aliphatic rings. The van der Waals surface area contributed by atoms with Crippen LogP contribution in [0.5, 0.6) is 0 Å². The molecule has 0 saturated carbocycles. The van der Waals surface area contributed by atoms with Gasteiger partial charge in [-0.15, -0.1) is 0 Å². The molecular weight excluding hydrogens is 218 g/mol. The summed E-state index contributed by atoms with van der Waals surface area (Å²) in [6.45, 7) is 5.55. The van der Waals surface area contributed by atoms with Crippen LogP contribution >= 0.6 is 11.8 Å². The molecular formula is C12H19N3S. The van der Waals surface area contributed by atoms with Crippen molar-refractivity contribution in [3.8, 4) is 0 Å². The Morgan fingerprint density at radius 1 is 1.56 bits per heavy atom. The summed E-state index contributed by atoms with van der Waals surface area (Å²) in [5.74, 6) is 2.50. The second kappa shape index (κ2) is 5.15. The molecule has 16 heavy (non-hydrogen) atoms. The topological polar surface area (TPSA) is 37.8 Å². The maximum absolute atomic E-state index is 4.23. The van der Waals surface area contributed by atoms with Gasteiger partial charge in [-0.25, -0.2) is 9.97 Å². The highest BCUT2D eigenvalue weighted by Gasteiger charge is 2.31. The zero-order chi connectivity index (χ0) is 11.4. The van der Waals surface area contributed by atoms with E-state index < -0.39 is 0 Å². The number of hydrogen-bond donors (Lipinski definition) is 1. The normalized spacial score (nSPS) is 24.2. The van der Waals surface area contributed by atoms with Gasteiger partial charge in [0.05, 0.1) is 5.69 Å². The molecule has 88 valence electrons. The molecule has 0 aliphatic carbocycles. The molecule has 1 atom stereocenters. The third-order valence-electron chi connectivity index (χ3n) is 3.29. The Bertz CT molecular complexity index is 326. The number of nitrogens with zero attached hydrogens (tertiary/aromatic N) is 2. The van der Waals surface area contributed by atoms with Crippen molar-refractivity contribution in [2.45, 2.75) is 32.9 Å². The summed E-state index contributed by atoms with van der Waals surface area (Å²) in [7, 11) is 0. The van der Waals surface area contributed by atoms with E-state index in [2.05, 4.69) is 29.1 Å². The average Bonchev–Trinajstić information content (AvgIpc) is 2.28. The lowest BCUT2D eigenvalue weighted by Crippen LogP contribution is -2.46. The van der Waals surface area contributed by atoms with E-state index in [9.17, 15) is 0 Å².